The minimum atomic E-state index is 0.780. The molecule has 1 nitrogen and oxygen atoms in total. The lowest BCUT2D eigenvalue weighted by molar-refractivity contribution is 0.407. The number of hydrogen-bond acceptors (Lipinski definition) is 1. The summed E-state index contributed by atoms with van der Waals surface area (Å²) in [5.41, 5.74) is 2.88. The maximum absolute atomic E-state index is 3.61. The highest BCUT2D eigenvalue weighted by Gasteiger charge is 2.10. The average molecular weight is 275 g/mol. The summed E-state index contributed by atoms with van der Waals surface area (Å²) in [5, 5.41) is 3.61. The van der Waals surface area contributed by atoms with Crippen LogP contribution in [0.4, 0.5) is 0 Å². The molecule has 1 N–H and O–H groups in total. The molecule has 1 aromatic rings. The minimum Gasteiger partial charge on any atom is -0.316 e. The van der Waals surface area contributed by atoms with E-state index in [1.54, 1.807) is 0 Å². The van der Waals surface area contributed by atoms with E-state index in [2.05, 4.69) is 57.3 Å². The fraction of sp³-hybridized carbons (Fsp3) is 0.684. The number of benzene rings is 1. The summed E-state index contributed by atoms with van der Waals surface area (Å²) in [6, 6.07) is 9.00. The molecule has 0 fully saturated rings. The zero-order valence-electron chi connectivity index (χ0n) is 13.9. The van der Waals surface area contributed by atoms with Crippen LogP contribution in [0.15, 0.2) is 24.3 Å². The van der Waals surface area contributed by atoms with Crippen LogP contribution in [0.2, 0.25) is 0 Å². The maximum atomic E-state index is 3.61. The smallest absolute Gasteiger partial charge is 0.00173 e. The van der Waals surface area contributed by atoms with Gasteiger partial charge in [-0.25, -0.2) is 0 Å². The van der Waals surface area contributed by atoms with Crippen LogP contribution in [0.3, 0.4) is 0 Å². The van der Waals surface area contributed by atoms with E-state index >= 15 is 0 Å². The van der Waals surface area contributed by atoms with E-state index in [4.69, 9.17) is 0 Å². The summed E-state index contributed by atoms with van der Waals surface area (Å²) in [6.07, 6.45) is 6.52. The van der Waals surface area contributed by atoms with Crippen LogP contribution in [0, 0.1) is 18.8 Å². The molecule has 0 spiro atoms. The molecular formula is C19H33N. The summed E-state index contributed by atoms with van der Waals surface area (Å²) in [4.78, 5) is 0. The van der Waals surface area contributed by atoms with E-state index in [-0.39, 0.29) is 0 Å². The van der Waals surface area contributed by atoms with E-state index in [1.165, 1.54) is 49.8 Å². The minimum absolute atomic E-state index is 0.780. The molecule has 0 saturated heterocycles. The van der Waals surface area contributed by atoms with Crippen molar-refractivity contribution in [1.82, 2.24) is 5.32 Å². The van der Waals surface area contributed by atoms with E-state index < -0.39 is 0 Å². The zero-order chi connectivity index (χ0) is 14.8. The molecule has 1 rings (SSSR count). The van der Waals surface area contributed by atoms with Gasteiger partial charge in [0.25, 0.3) is 0 Å². The van der Waals surface area contributed by atoms with E-state index in [0.717, 1.165) is 18.4 Å². The molecule has 114 valence electrons. The van der Waals surface area contributed by atoms with Crippen molar-refractivity contribution in [2.75, 3.05) is 13.1 Å². The van der Waals surface area contributed by atoms with Crippen LogP contribution in [0.5, 0.6) is 0 Å². The molecule has 0 aliphatic carbocycles. The fourth-order valence-corrected chi connectivity index (χ4v) is 2.75. The second kappa shape index (κ2) is 9.99. The third-order valence-corrected chi connectivity index (χ3v) is 3.86. The molecule has 0 aromatic heterocycles. The van der Waals surface area contributed by atoms with Crippen molar-refractivity contribution in [3.05, 3.63) is 35.4 Å². The lowest BCUT2D eigenvalue weighted by Crippen LogP contribution is -2.25. The van der Waals surface area contributed by atoms with Gasteiger partial charge < -0.3 is 5.32 Å². The average Bonchev–Trinajstić information content (AvgIpc) is 2.38. The topological polar surface area (TPSA) is 12.0 Å². The molecule has 0 aliphatic heterocycles. The Bertz CT molecular complexity index is 357. The molecule has 20 heavy (non-hydrogen) atoms. The van der Waals surface area contributed by atoms with Crippen molar-refractivity contribution in [2.24, 2.45) is 11.8 Å². The highest BCUT2D eigenvalue weighted by Crippen LogP contribution is 2.18. The maximum Gasteiger partial charge on any atom is -0.00173 e. The molecule has 0 heterocycles. The zero-order valence-corrected chi connectivity index (χ0v) is 13.9. The van der Waals surface area contributed by atoms with Gasteiger partial charge in [0, 0.05) is 0 Å². The predicted molar refractivity (Wildman–Crippen MR) is 90.2 cm³/mol. The van der Waals surface area contributed by atoms with Gasteiger partial charge in [-0.3, -0.25) is 0 Å². The molecule has 1 unspecified atom stereocenters. The van der Waals surface area contributed by atoms with Gasteiger partial charge in [0.1, 0.15) is 0 Å². The molecule has 1 atom stereocenters. The van der Waals surface area contributed by atoms with Crippen molar-refractivity contribution in [3.63, 3.8) is 0 Å². The quantitative estimate of drug-likeness (QED) is 0.594. The Hall–Kier alpha value is -0.820. The van der Waals surface area contributed by atoms with E-state index in [0.29, 0.717) is 0 Å². The molecule has 0 bridgehead atoms. The number of aryl methyl sites for hydroxylation is 1. The van der Waals surface area contributed by atoms with Crippen molar-refractivity contribution in [1.29, 1.82) is 0 Å². The first kappa shape index (κ1) is 17.2. The highest BCUT2D eigenvalue weighted by atomic mass is 14.8. The summed E-state index contributed by atoms with van der Waals surface area (Å²) in [5.74, 6) is 1.61. The Morgan fingerprint density at radius 3 is 2.60 bits per heavy atom. The van der Waals surface area contributed by atoms with Crippen molar-refractivity contribution >= 4 is 0 Å². The Balaban J connectivity index is 2.47. The third kappa shape index (κ3) is 7.69. The van der Waals surface area contributed by atoms with Crippen LogP contribution < -0.4 is 5.32 Å². The Morgan fingerprint density at radius 2 is 1.95 bits per heavy atom. The van der Waals surface area contributed by atoms with Gasteiger partial charge in [0.05, 0.1) is 0 Å². The fourth-order valence-electron chi connectivity index (χ4n) is 2.75. The number of rotatable bonds is 10. The normalized spacial score (nSPS) is 12.8. The SMILES string of the molecule is CCCNCC(CCCC(C)C)Cc1cccc(C)c1. The van der Waals surface area contributed by atoms with Crippen molar-refractivity contribution in [2.45, 2.75) is 59.8 Å². The molecular weight excluding hydrogens is 242 g/mol. The lowest BCUT2D eigenvalue weighted by Gasteiger charge is -2.18. The van der Waals surface area contributed by atoms with Gasteiger partial charge in [0.2, 0.25) is 0 Å². The van der Waals surface area contributed by atoms with E-state index in [9.17, 15) is 0 Å². The second-order valence-corrected chi connectivity index (χ2v) is 6.59. The lowest BCUT2D eigenvalue weighted by atomic mass is 9.92. The van der Waals surface area contributed by atoms with Crippen molar-refractivity contribution < 1.29 is 0 Å². The predicted octanol–water partition coefficient (Wildman–Crippen LogP) is 4.98. The Kier molecular flexibility index (Phi) is 8.60. The molecule has 0 radical (unpaired) electrons. The largest absolute Gasteiger partial charge is 0.316 e. The van der Waals surface area contributed by atoms with Crippen LogP contribution >= 0.6 is 0 Å². The van der Waals surface area contributed by atoms with Crippen molar-refractivity contribution in [3.8, 4) is 0 Å². The van der Waals surface area contributed by atoms with Gasteiger partial charge in [-0.1, -0.05) is 63.4 Å². The van der Waals surface area contributed by atoms with Crippen LogP contribution in [0.1, 0.15) is 57.6 Å². The van der Waals surface area contributed by atoms with Gasteiger partial charge in [0.15, 0.2) is 0 Å². The summed E-state index contributed by atoms with van der Waals surface area (Å²) >= 11 is 0. The van der Waals surface area contributed by atoms with Gasteiger partial charge >= 0.3 is 0 Å². The van der Waals surface area contributed by atoms with Crippen LogP contribution in [-0.4, -0.2) is 13.1 Å². The first-order valence-electron chi connectivity index (χ1n) is 8.38. The Morgan fingerprint density at radius 1 is 1.15 bits per heavy atom. The van der Waals surface area contributed by atoms with E-state index in [1.807, 2.05) is 0 Å². The monoisotopic (exact) mass is 275 g/mol. The molecule has 0 saturated carbocycles. The number of nitrogens with one attached hydrogen (secondary N) is 1. The molecule has 0 amide bonds. The second-order valence-electron chi connectivity index (χ2n) is 6.59. The standard InChI is InChI=1S/C19H33N/c1-5-12-20-15-19(11-6-8-16(2)3)14-18-10-7-9-17(4)13-18/h7,9-10,13,16,19-20H,5-6,8,11-12,14-15H2,1-4H3. The van der Waals surface area contributed by atoms with Crippen LogP contribution in [0.25, 0.3) is 0 Å². The first-order chi connectivity index (χ1) is 9.61. The molecule has 0 aliphatic rings. The molecule has 1 aromatic carbocycles. The van der Waals surface area contributed by atoms with Gasteiger partial charge in [-0.15, -0.1) is 0 Å². The van der Waals surface area contributed by atoms with Gasteiger partial charge in [-0.2, -0.15) is 0 Å². The summed E-state index contributed by atoms with van der Waals surface area (Å²) in [6.45, 7) is 11.4. The highest BCUT2D eigenvalue weighted by molar-refractivity contribution is 5.22. The Labute approximate surface area is 126 Å². The summed E-state index contributed by atoms with van der Waals surface area (Å²) in [7, 11) is 0. The molecule has 1 heteroatoms. The van der Waals surface area contributed by atoms with Gasteiger partial charge in [-0.05, 0) is 56.7 Å². The number of hydrogen-bond donors (Lipinski definition) is 1. The van der Waals surface area contributed by atoms with Crippen LogP contribution in [-0.2, 0) is 6.42 Å². The summed E-state index contributed by atoms with van der Waals surface area (Å²) < 4.78 is 0. The first-order valence-corrected chi connectivity index (χ1v) is 8.38. The third-order valence-electron chi connectivity index (χ3n) is 3.86.